The predicted molar refractivity (Wildman–Crippen MR) is 292 cm³/mol. The first-order valence-electron chi connectivity index (χ1n) is 23.8. The van der Waals surface area contributed by atoms with Crippen molar-refractivity contribution in [3.05, 3.63) is 249 Å². The van der Waals surface area contributed by atoms with Gasteiger partial charge in [-0.1, -0.05) is 164 Å². The zero-order valence-electron chi connectivity index (χ0n) is 37.5. The third-order valence-corrected chi connectivity index (χ3v) is 14.8. The molecule has 0 fully saturated rings. The highest BCUT2D eigenvalue weighted by Crippen LogP contribution is 2.43. The maximum absolute atomic E-state index is 2.44. The van der Waals surface area contributed by atoms with E-state index in [1.807, 2.05) is 0 Å². The lowest BCUT2D eigenvalue weighted by atomic mass is 9.97. The van der Waals surface area contributed by atoms with E-state index in [1.165, 1.54) is 132 Å². The molecule has 0 radical (unpaired) electrons. The summed E-state index contributed by atoms with van der Waals surface area (Å²) in [5.41, 5.74) is 20.7. The molecule has 4 aromatic heterocycles. The zero-order chi connectivity index (χ0) is 45.2. The Bertz CT molecular complexity index is 4410. The van der Waals surface area contributed by atoms with Gasteiger partial charge in [-0.2, -0.15) is 0 Å². The van der Waals surface area contributed by atoms with Crippen LogP contribution in [-0.2, 0) is 0 Å². The largest absolute Gasteiger partial charge is 0.309 e. The molecular formula is C66H41N3. The molecule has 0 bridgehead atoms. The van der Waals surface area contributed by atoms with E-state index in [-0.39, 0.29) is 0 Å². The number of hydrogen-bond donors (Lipinski definition) is 0. The SMILES string of the molecule is c1ccc(-n2c3ccccc3c3cc(-c4ccc(-c5ccc(-c6ccc7c(c6)c6ccccc6n7-c6ccc(-c7cc8c9ccccc9n9c%10ccccc%10c(c7)c89)cc6)cc5)cc4)ccc32)cc1. The Morgan fingerprint density at radius 2 is 0.493 bits per heavy atom. The van der Waals surface area contributed by atoms with Crippen LogP contribution in [-0.4, -0.2) is 13.5 Å². The minimum Gasteiger partial charge on any atom is -0.309 e. The molecule has 0 atom stereocenters. The molecule has 320 valence electrons. The van der Waals surface area contributed by atoms with E-state index in [9.17, 15) is 0 Å². The summed E-state index contributed by atoms with van der Waals surface area (Å²) in [4.78, 5) is 0. The summed E-state index contributed by atoms with van der Waals surface area (Å²) in [7, 11) is 0. The lowest BCUT2D eigenvalue weighted by molar-refractivity contribution is 1.18. The molecule has 0 amide bonds. The fourth-order valence-electron chi connectivity index (χ4n) is 11.6. The Labute approximate surface area is 397 Å². The molecule has 11 aromatic carbocycles. The van der Waals surface area contributed by atoms with Gasteiger partial charge in [0.2, 0.25) is 0 Å². The second-order valence-electron chi connectivity index (χ2n) is 18.5. The molecule has 0 unspecified atom stereocenters. The fraction of sp³-hybridized carbons (Fsp3) is 0. The van der Waals surface area contributed by atoms with E-state index in [2.05, 4.69) is 262 Å². The van der Waals surface area contributed by atoms with E-state index in [1.54, 1.807) is 0 Å². The lowest BCUT2D eigenvalue weighted by Crippen LogP contribution is -1.93. The summed E-state index contributed by atoms with van der Waals surface area (Å²) in [6.45, 7) is 0. The standard InChI is InChI=1S/C66H41N3/c1-2-12-50(13-3-1)67-60-18-8-4-14-52(60)56-38-47(32-36-64(56)67)44-26-22-42(23-27-44)43-24-28-45(29-25-43)48-33-37-65-57(39-48)53-15-5-9-19-61(53)68(65)51-34-30-46(31-35-51)49-40-58-54-16-6-10-20-62(54)69-63-21-11-7-17-55(63)59(41-49)66(58)69/h1-41H. The molecule has 0 saturated heterocycles. The van der Waals surface area contributed by atoms with Crippen molar-refractivity contribution in [1.29, 1.82) is 0 Å². The van der Waals surface area contributed by atoms with Gasteiger partial charge in [-0.05, 0) is 129 Å². The highest BCUT2D eigenvalue weighted by molar-refractivity contribution is 6.24. The van der Waals surface area contributed by atoms with Crippen molar-refractivity contribution in [3.8, 4) is 55.9 Å². The van der Waals surface area contributed by atoms with Crippen molar-refractivity contribution in [1.82, 2.24) is 13.5 Å². The first-order chi connectivity index (χ1) is 34.2. The Hall–Kier alpha value is -9.18. The van der Waals surface area contributed by atoms with Crippen LogP contribution in [0.3, 0.4) is 0 Å². The van der Waals surface area contributed by atoms with Crippen LogP contribution >= 0.6 is 0 Å². The summed E-state index contributed by atoms with van der Waals surface area (Å²) >= 11 is 0. The smallest absolute Gasteiger partial charge is 0.0620 e. The molecule has 3 nitrogen and oxygen atoms in total. The first kappa shape index (κ1) is 38.0. The molecule has 0 saturated carbocycles. The van der Waals surface area contributed by atoms with Crippen LogP contribution in [0.2, 0.25) is 0 Å². The van der Waals surface area contributed by atoms with Gasteiger partial charge >= 0.3 is 0 Å². The van der Waals surface area contributed by atoms with Gasteiger partial charge in [0.15, 0.2) is 0 Å². The molecule has 0 N–H and O–H groups in total. The Morgan fingerprint density at radius 3 is 0.957 bits per heavy atom. The minimum absolute atomic E-state index is 1.15. The van der Waals surface area contributed by atoms with Crippen molar-refractivity contribution in [2.75, 3.05) is 0 Å². The average molecular weight is 876 g/mol. The average Bonchev–Trinajstić information content (AvgIpc) is 4.15. The number of benzene rings is 11. The van der Waals surface area contributed by atoms with Gasteiger partial charge in [-0.25, -0.2) is 0 Å². The van der Waals surface area contributed by atoms with Gasteiger partial charge in [-0.3, -0.25) is 0 Å². The Kier molecular flexibility index (Phi) is 8.07. The van der Waals surface area contributed by atoms with Crippen LogP contribution in [0.5, 0.6) is 0 Å². The molecule has 0 spiro atoms. The van der Waals surface area contributed by atoms with Gasteiger partial charge in [0, 0.05) is 54.5 Å². The number of aromatic nitrogens is 3. The molecule has 69 heavy (non-hydrogen) atoms. The maximum Gasteiger partial charge on any atom is 0.0620 e. The van der Waals surface area contributed by atoms with Crippen LogP contribution < -0.4 is 0 Å². The molecule has 0 aliphatic rings. The normalized spacial score (nSPS) is 12.1. The monoisotopic (exact) mass is 875 g/mol. The van der Waals surface area contributed by atoms with Gasteiger partial charge in [0.1, 0.15) is 0 Å². The van der Waals surface area contributed by atoms with E-state index in [4.69, 9.17) is 0 Å². The third kappa shape index (κ3) is 5.68. The molecule has 0 aliphatic carbocycles. The van der Waals surface area contributed by atoms with Crippen molar-refractivity contribution < 1.29 is 0 Å². The highest BCUT2D eigenvalue weighted by atomic mass is 15.0. The van der Waals surface area contributed by atoms with Crippen LogP contribution in [0.15, 0.2) is 249 Å². The van der Waals surface area contributed by atoms with Crippen molar-refractivity contribution in [2.24, 2.45) is 0 Å². The van der Waals surface area contributed by atoms with Crippen LogP contribution in [0.25, 0.3) is 138 Å². The molecular weight excluding hydrogens is 835 g/mol. The summed E-state index contributed by atoms with van der Waals surface area (Å²) in [5.74, 6) is 0. The van der Waals surface area contributed by atoms with E-state index in [0.717, 1.165) is 5.69 Å². The van der Waals surface area contributed by atoms with Crippen molar-refractivity contribution in [3.63, 3.8) is 0 Å². The van der Waals surface area contributed by atoms with Gasteiger partial charge in [0.25, 0.3) is 0 Å². The van der Waals surface area contributed by atoms with Gasteiger partial charge in [0.05, 0.1) is 38.6 Å². The summed E-state index contributed by atoms with van der Waals surface area (Å²) in [6, 6.07) is 91.6. The van der Waals surface area contributed by atoms with E-state index < -0.39 is 0 Å². The van der Waals surface area contributed by atoms with Crippen LogP contribution in [0.4, 0.5) is 0 Å². The third-order valence-electron chi connectivity index (χ3n) is 14.8. The van der Waals surface area contributed by atoms with Crippen LogP contribution in [0, 0.1) is 0 Å². The molecule has 0 aliphatic heterocycles. The Balaban J connectivity index is 0.736. The number of hydrogen-bond acceptors (Lipinski definition) is 0. The number of nitrogens with zero attached hydrogens (tertiary/aromatic N) is 3. The second-order valence-corrected chi connectivity index (χ2v) is 18.5. The quantitative estimate of drug-likeness (QED) is 0.158. The van der Waals surface area contributed by atoms with Crippen molar-refractivity contribution >= 4 is 81.7 Å². The molecule has 15 rings (SSSR count). The molecule has 4 heterocycles. The van der Waals surface area contributed by atoms with Gasteiger partial charge in [-0.15, -0.1) is 0 Å². The second kappa shape index (κ2) is 14.7. The lowest BCUT2D eigenvalue weighted by Gasteiger charge is -2.11. The summed E-state index contributed by atoms with van der Waals surface area (Å²) in [6.07, 6.45) is 0. The minimum atomic E-state index is 1.15. The van der Waals surface area contributed by atoms with Crippen molar-refractivity contribution in [2.45, 2.75) is 0 Å². The first-order valence-corrected chi connectivity index (χ1v) is 23.8. The topological polar surface area (TPSA) is 14.3 Å². The fourth-order valence-corrected chi connectivity index (χ4v) is 11.6. The number of rotatable bonds is 6. The molecule has 3 heteroatoms. The number of fused-ring (bicyclic) bond motifs is 12. The maximum atomic E-state index is 2.44. The highest BCUT2D eigenvalue weighted by Gasteiger charge is 2.20. The zero-order valence-corrected chi connectivity index (χ0v) is 37.5. The van der Waals surface area contributed by atoms with Crippen LogP contribution in [0.1, 0.15) is 0 Å². The summed E-state index contributed by atoms with van der Waals surface area (Å²) in [5, 5.41) is 10.2. The number of para-hydroxylation sites is 5. The van der Waals surface area contributed by atoms with Gasteiger partial charge < -0.3 is 13.5 Å². The molecule has 15 aromatic rings. The Morgan fingerprint density at radius 1 is 0.188 bits per heavy atom. The van der Waals surface area contributed by atoms with E-state index in [0.29, 0.717) is 0 Å². The van der Waals surface area contributed by atoms with E-state index >= 15 is 0 Å². The predicted octanol–water partition coefficient (Wildman–Crippen LogP) is 17.7. The summed E-state index contributed by atoms with van der Waals surface area (Å²) < 4.78 is 7.23.